The number of nitrogens with one attached hydrogen (secondary N) is 1. The summed E-state index contributed by atoms with van der Waals surface area (Å²) in [7, 11) is 0. The molecule has 0 bridgehead atoms. The first-order valence-electron chi connectivity index (χ1n) is 5.19. The molecule has 2 N–H and O–H groups in total. The molecular weight excluding hydrogens is 238 g/mol. The van der Waals surface area contributed by atoms with Crippen LogP contribution in [-0.4, -0.2) is 16.1 Å². The Labute approximate surface area is 104 Å². The van der Waals surface area contributed by atoms with Crippen LogP contribution in [0, 0.1) is 13.8 Å². The van der Waals surface area contributed by atoms with Crippen LogP contribution < -0.4 is 0 Å². The van der Waals surface area contributed by atoms with Gasteiger partial charge >= 0.3 is 5.97 Å². The summed E-state index contributed by atoms with van der Waals surface area (Å²) in [5.74, 6) is -0.954. The maximum atomic E-state index is 10.5. The van der Waals surface area contributed by atoms with Crippen LogP contribution in [0.3, 0.4) is 0 Å². The molecule has 0 saturated heterocycles. The zero-order valence-electron chi connectivity index (χ0n) is 9.54. The fourth-order valence-electron chi connectivity index (χ4n) is 1.90. The summed E-state index contributed by atoms with van der Waals surface area (Å²) in [6, 6.07) is 3.72. The molecule has 2 rings (SSSR count). The van der Waals surface area contributed by atoms with E-state index in [0.717, 1.165) is 33.8 Å². The molecule has 2 aromatic rings. The van der Waals surface area contributed by atoms with Gasteiger partial charge in [-0.05, 0) is 31.6 Å². The normalized spacial score (nSPS) is 11.5. The zero-order chi connectivity index (χ0) is 12.6. The third-order valence-corrected chi connectivity index (χ3v) is 3.21. The topological polar surface area (TPSA) is 53.1 Å². The van der Waals surface area contributed by atoms with Crippen molar-refractivity contribution in [3.8, 4) is 0 Å². The van der Waals surface area contributed by atoms with E-state index in [1.54, 1.807) is 6.08 Å². The highest BCUT2D eigenvalue weighted by molar-refractivity contribution is 6.32. The monoisotopic (exact) mass is 249 g/mol. The van der Waals surface area contributed by atoms with Crippen molar-refractivity contribution in [1.29, 1.82) is 0 Å². The number of aromatic nitrogens is 1. The zero-order valence-corrected chi connectivity index (χ0v) is 10.3. The third kappa shape index (κ3) is 2.06. The molecule has 0 spiro atoms. The lowest BCUT2D eigenvalue weighted by Crippen LogP contribution is -1.86. The molecule has 0 radical (unpaired) electrons. The van der Waals surface area contributed by atoms with Gasteiger partial charge in [0, 0.05) is 27.7 Å². The van der Waals surface area contributed by atoms with E-state index in [1.807, 2.05) is 26.0 Å². The Hall–Kier alpha value is -1.74. The van der Waals surface area contributed by atoms with Crippen molar-refractivity contribution >= 4 is 34.5 Å². The molecule has 0 aliphatic rings. The average Bonchev–Trinajstić information content (AvgIpc) is 2.58. The Balaban J connectivity index is 2.69. The second-order valence-corrected chi connectivity index (χ2v) is 4.34. The maximum absolute atomic E-state index is 10.5. The van der Waals surface area contributed by atoms with E-state index in [4.69, 9.17) is 16.7 Å². The molecule has 0 aliphatic heterocycles. The van der Waals surface area contributed by atoms with E-state index < -0.39 is 5.97 Å². The van der Waals surface area contributed by atoms with Gasteiger partial charge < -0.3 is 10.1 Å². The fourth-order valence-corrected chi connectivity index (χ4v) is 2.06. The average molecular weight is 250 g/mol. The number of hydrogen-bond acceptors (Lipinski definition) is 1. The highest BCUT2D eigenvalue weighted by Crippen LogP contribution is 2.29. The van der Waals surface area contributed by atoms with Gasteiger partial charge in [-0.3, -0.25) is 0 Å². The highest BCUT2D eigenvalue weighted by atomic mass is 35.5. The smallest absolute Gasteiger partial charge is 0.328 e. The Bertz CT molecular complexity index is 626. The number of aliphatic carboxylic acids is 1. The van der Waals surface area contributed by atoms with Gasteiger partial charge in [0.05, 0.1) is 5.52 Å². The van der Waals surface area contributed by atoms with Crippen LogP contribution >= 0.6 is 11.6 Å². The third-order valence-electron chi connectivity index (χ3n) is 2.80. The van der Waals surface area contributed by atoms with Gasteiger partial charge in [-0.15, -0.1) is 0 Å². The van der Waals surface area contributed by atoms with Crippen molar-refractivity contribution in [3.05, 3.63) is 40.1 Å². The van der Waals surface area contributed by atoms with Gasteiger partial charge in [0.2, 0.25) is 0 Å². The highest BCUT2D eigenvalue weighted by Gasteiger charge is 2.09. The number of hydrogen-bond donors (Lipinski definition) is 2. The lowest BCUT2D eigenvalue weighted by Gasteiger charge is -1.99. The van der Waals surface area contributed by atoms with Gasteiger partial charge in [0.1, 0.15) is 0 Å². The molecule has 1 aromatic heterocycles. The van der Waals surface area contributed by atoms with Crippen LogP contribution in [0.15, 0.2) is 18.2 Å². The molecule has 0 amide bonds. The van der Waals surface area contributed by atoms with Crippen molar-refractivity contribution in [2.45, 2.75) is 13.8 Å². The lowest BCUT2D eigenvalue weighted by atomic mass is 10.1. The summed E-state index contributed by atoms with van der Waals surface area (Å²) in [6.07, 6.45) is 2.74. The summed E-state index contributed by atoms with van der Waals surface area (Å²) >= 11 is 6.04. The van der Waals surface area contributed by atoms with Crippen LogP contribution in [0.2, 0.25) is 5.02 Å². The van der Waals surface area contributed by atoms with Gasteiger partial charge in [-0.25, -0.2) is 4.79 Å². The van der Waals surface area contributed by atoms with E-state index in [0.29, 0.717) is 5.02 Å². The number of H-pyrrole nitrogens is 1. The molecule has 0 atom stereocenters. The molecular formula is C13H12ClNO2. The minimum Gasteiger partial charge on any atom is -0.478 e. The second kappa shape index (κ2) is 4.26. The number of rotatable bonds is 2. The number of fused-ring (bicyclic) bond motifs is 1. The molecule has 0 saturated carbocycles. The fraction of sp³-hybridized carbons (Fsp3) is 0.154. The Morgan fingerprint density at radius 3 is 2.76 bits per heavy atom. The molecule has 3 nitrogen and oxygen atoms in total. The number of carboxylic acids is 1. The molecule has 0 aliphatic carbocycles. The first kappa shape index (κ1) is 11.7. The molecule has 4 heteroatoms. The van der Waals surface area contributed by atoms with Gasteiger partial charge in [0.15, 0.2) is 0 Å². The van der Waals surface area contributed by atoms with Crippen LogP contribution in [0.25, 0.3) is 17.0 Å². The summed E-state index contributed by atoms with van der Waals surface area (Å²) in [5.41, 5.74) is 3.76. The quantitative estimate of drug-likeness (QED) is 0.800. The molecule has 0 fully saturated rings. The van der Waals surface area contributed by atoms with E-state index >= 15 is 0 Å². The van der Waals surface area contributed by atoms with Crippen molar-refractivity contribution in [2.75, 3.05) is 0 Å². The van der Waals surface area contributed by atoms with Crippen LogP contribution in [0.1, 0.15) is 16.8 Å². The van der Waals surface area contributed by atoms with Gasteiger partial charge in [0.25, 0.3) is 0 Å². The first-order chi connectivity index (χ1) is 8.00. The van der Waals surface area contributed by atoms with E-state index in [1.165, 1.54) is 0 Å². The van der Waals surface area contributed by atoms with Crippen LogP contribution in [-0.2, 0) is 4.79 Å². The predicted octanol–water partition coefficient (Wildman–Crippen LogP) is 3.54. The predicted molar refractivity (Wildman–Crippen MR) is 69.5 cm³/mol. The van der Waals surface area contributed by atoms with E-state index in [2.05, 4.69) is 4.98 Å². The number of benzene rings is 1. The largest absolute Gasteiger partial charge is 0.478 e. The van der Waals surface area contributed by atoms with Gasteiger partial charge in [-0.2, -0.15) is 0 Å². The number of aromatic amines is 1. The van der Waals surface area contributed by atoms with E-state index in [9.17, 15) is 4.79 Å². The first-order valence-corrected chi connectivity index (χ1v) is 5.57. The van der Waals surface area contributed by atoms with Crippen LogP contribution in [0.4, 0.5) is 0 Å². The Morgan fingerprint density at radius 2 is 2.12 bits per heavy atom. The minimum atomic E-state index is -0.954. The molecule has 1 heterocycles. The summed E-state index contributed by atoms with van der Waals surface area (Å²) in [6.45, 7) is 3.85. The van der Waals surface area contributed by atoms with Crippen molar-refractivity contribution in [2.24, 2.45) is 0 Å². The number of aryl methyl sites for hydroxylation is 2. The SMILES string of the molecule is Cc1[nH]c2c(C)c(Cl)ccc2c1/C=C/C(=O)O. The minimum absolute atomic E-state index is 0.701. The maximum Gasteiger partial charge on any atom is 0.328 e. The van der Waals surface area contributed by atoms with Crippen molar-refractivity contribution in [3.63, 3.8) is 0 Å². The second-order valence-electron chi connectivity index (χ2n) is 3.93. The summed E-state index contributed by atoms with van der Waals surface area (Å²) in [5, 5.41) is 10.3. The molecule has 0 unspecified atom stereocenters. The molecule has 88 valence electrons. The molecule has 17 heavy (non-hydrogen) atoms. The summed E-state index contributed by atoms with van der Waals surface area (Å²) in [4.78, 5) is 13.8. The van der Waals surface area contributed by atoms with Gasteiger partial charge in [-0.1, -0.05) is 17.7 Å². The van der Waals surface area contributed by atoms with Crippen molar-refractivity contribution < 1.29 is 9.90 Å². The summed E-state index contributed by atoms with van der Waals surface area (Å²) < 4.78 is 0. The number of carboxylic acid groups (broad SMARTS) is 1. The standard InChI is InChI=1S/C13H12ClNO2/c1-7-11(14)5-3-10-9(4-6-12(16)17)8(2)15-13(7)10/h3-6,15H,1-2H3,(H,16,17)/b6-4+. The molecule has 1 aromatic carbocycles. The van der Waals surface area contributed by atoms with Crippen LogP contribution in [0.5, 0.6) is 0 Å². The lowest BCUT2D eigenvalue weighted by molar-refractivity contribution is -0.131. The Morgan fingerprint density at radius 1 is 1.41 bits per heavy atom. The number of halogens is 1. The number of carbonyl (C=O) groups is 1. The van der Waals surface area contributed by atoms with Crippen molar-refractivity contribution in [1.82, 2.24) is 4.98 Å². The Kier molecular flexibility index (Phi) is 2.94. The van der Waals surface area contributed by atoms with E-state index in [-0.39, 0.29) is 0 Å².